The first-order valence-corrected chi connectivity index (χ1v) is 8.55. The van der Waals surface area contributed by atoms with Crippen molar-refractivity contribution in [3.8, 4) is 0 Å². The van der Waals surface area contributed by atoms with Gasteiger partial charge in [-0.25, -0.2) is 8.42 Å². The number of aryl methyl sites for hydroxylation is 1. The first-order chi connectivity index (χ1) is 9.77. The second-order valence-electron chi connectivity index (χ2n) is 5.19. The third kappa shape index (κ3) is 4.02. The minimum atomic E-state index is -3.16. The summed E-state index contributed by atoms with van der Waals surface area (Å²) in [5.41, 5.74) is 0. The highest BCUT2D eigenvalue weighted by Gasteiger charge is 2.29. The number of hydrogen-bond acceptors (Lipinski definition) is 6. The molecule has 1 saturated heterocycles. The molecule has 1 aliphatic heterocycles. The van der Waals surface area contributed by atoms with Crippen LogP contribution in [0.2, 0.25) is 0 Å². The van der Waals surface area contributed by atoms with E-state index in [-0.39, 0.29) is 11.9 Å². The van der Waals surface area contributed by atoms with Crippen molar-refractivity contribution in [2.75, 3.05) is 37.8 Å². The maximum absolute atomic E-state index is 12.1. The van der Waals surface area contributed by atoms with Crippen LogP contribution in [0.3, 0.4) is 0 Å². The first kappa shape index (κ1) is 15.9. The van der Waals surface area contributed by atoms with Gasteiger partial charge < -0.3 is 9.84 Å². The van der Waals surface area contributed by atoms with Crippen LogP contribution in [0.5, 0.6) is 0 Å². The van der Waals surface area contributed by atoms with Gasteiger partial charge >= 0.3 is 0 Å². The smallest absolute Gasteiger partial charge is 0.242 e. The van der Waals surface area contributed by atoms with E-state index >= 15 is 0 Å². The van der Waals surface area contributed by atoms with E-state index in [9.17, 15) is 13.2 Å². The SMILES string of the molecule is Cc1cc(NC(=O)C(C)N2CCN(S(C)(=O)=O)CC2)no1. The Morgan fingerprint density at radius 3 is 2.48 bits per heavy atom. The molecule has 1 fully saturated rings. The van der Waals surface area contributed by atoms with Gasteiger partial charge in [0.05, 0.1) is 12.3 Å². The molecule has 0 saturated carbocycles. The summed E-state index contributed by atoms with van der Waals surface area (Å²) in [5, 5.41) is 6.40. The molecular weight excluding hydrogens is 296 g/mol. The number of carbonyl (C=O) groups excluding carboxylic acids is 1. The van der Waals surface area contributed by atoms with E-state index in [4.69, 9.17) is 4.52 Å². The van der Waals surface area contributed by atoms with Gasteiger partial charge in [0.1, 0.15) is 5.76 Å². The van der Waals surface area contributed by atoms with Gasteiger partial charge in [-0.2, -0.15) is 4.31 Å². The molecule has 1 amide bonds. The van der Waals surface area contributed by atoms with E-state index in [0.717, 1.165) is 0 Å². The lowest BCUT2D eigenvalue weighted by molar-refractivity contribution is -0.121. The molecule has 1 aromatic rings. The molecule has 0 bridgehead atoms. The van der Waals surface area contributed by atoms with E-state index in [1.807, 2.05) is 4.90 Å². The lowest BCUT2D eigenvalue weighted by Crippen LogP contribution is -2.53. The van der Waals surface area contributed by atoms with Crippen LogP contribution in [0.25, 0.3) is 0 Å². The molecule has 0 aliphatic carbocycles. The number of anilines is 1. The second kappa shape index (κ2) is 6.12. The van der Waals surface area contributed by atoms with Crippen LogP contribution in [0.15, 0.2) is 10.6 Å². The molecule has 0 aromatic carbocycles. The highest BCUT2D eigenvalue weighted by Crippen LogP contribution is 2.12. The second-order valence-corrected chi connectivity index (χ2v) is 7.17. The number of piperazine rings is 1. The third-order valence-corrected chi connectivity index (χ3v) is 4.85. The number of carbonyl (C=O) groups is 1. The molecule has 118 valence electrons. The molecule has 2 heterocycles. The van der Waals surface area contributed by atoms with Gasteiger partial charge in [-0.15, -0.1) is 0 Å². The molecule has 9 heteroatoms. The number of nitrogens with zero attached hydrogens (tertiary/aromatic N) is 3. The predicted octanol–water partition coefficient (Wildman–Crippen LogP) is -0.113. The zero-order valence-corrected chi connectivity index (χ0v) is 13.2. The van der Waals surface area contributed by atoms with Crippen molar-refractivity contribution in [1.29, 1.82) is 0 Å². The van der Waals surface area contributed by atoms with Crippen molar-refractivity contribution in [2.45, 2.75) is 19.9 Å². The van der Waals surface area contributed by atoms with Crippen molar-refractivity contribution in [1.82, 2.24) is 14.4 Å². The summed E-state index contributed by atoms with van der Waals surface area (Å²) >= 11 is 0. The van der Waals surface area contributed by atoms with Crippen LogP contribution in [0.4, 0.5) is 5.82 Å². The lowest BCUT2D eigenvalue weighted by atomic mass is 10.2. The van der Waals surface area contributed by atoms with Gasteiger partial charge in [0.2, 0.25) is 15.9 Å². The fraction of sp³-hybridized carbons (Fsp3) is 0.667. The zero-order valence-electron chi connectivity index (χ0n) is 12.4. The number of nitrogens with one attached hydrogen (secondary N) is 1. The first-order valence-electron chi connectivity index (χ1n) is 6.71. The molecule has 1 N–H and O–H groups in total. The summed E-state index contributed by atoms with van der Waals surface area (Å²) in [7, 11) is -3.16. The quantitative estimate of drug-likeness (QED) is 0.832. The standard InChI is InChI=1S/C12H20N4O4S/c1-9-8-11(14-20-9)13-12(17)10(2)15-4-6-16(7-5-15)21(3,18)19/h8,10H,4-7H2,1-3H3,(H,13,14,17). The summed E-state index contributed by atoms with van der Waals surface area (Å²) in [5.74, 6) is 0.829. The Morgan fingerprint density at radius 1 is 1.38 bits per heavy atom. The van der Waals surface area contributed by atoms with Crippen molar-refractivity contribution >= 4 is 21.7 Å². The van der Waals surface area contributed by atoms with Crippen LogP contribution in [-0.4, -0.2) is 67.2 Å². The van der Waals surface area contributed by atoms with Crippen LogP contribution in [0, 0.1) is 6.92 Å². The maximum Gasteiger partial charge on any atom is 0.242 e. The highest BCUT2D eigenvalue weighted by molar-refractivity contribution is 7.88. The summed E-state index contributed by atoms with van der Waals surface area (Å²) < 4.78 is 29.2. The molecule has 1 unspecified atom stereocenters. The van der Waals surface area contributed by atoms with E-state index in [1.165, 1.54) is 10.6 Å². The number of aromatic nitrogens is 1. The van der Waals surface area contributed by atoms with Crippen molar-refractivity contribution in [3.05, 3.63) is 11.8 Å². The normalized spacial score (nSPS) is 19.4. The topological polar surface area (TPSA) is 95.8 Å². The minimum Gasteiger partial charge on any atom is -0.360 e. The number of sulfonamides is 1. The summed E-state index contributed by atoms with van der Waals surface area (Å²) in [4.78, 5) is 14.1. The van der Waals surface area contributed by atoms with Gasteiger partial charge in [-0.05, 0) is 13.8 Å². The molecule has 1 atom stereocenters. The average molecular weight is 316 g/mol. The Bertz CT molecular complexity index is 605. The Kier molecular flexibility index (Phi) is 4.64. The largest absolute Gasteiger partial charge is 0.360 e. The zero-order chi connectivity index (χ0) is 15.6. The highest BCUT2D eigenvalue weighted by atomic mass is 32.2. The molecule has 0 spiro atoms. The maximum atomic E-state index is 12.1. The Morgan fingerprint density at radius 2 is 2.00 bits per heavy atom. The Labute approximate surface area is 124 Å². The molecular formula is C12H20N4O4S. The monoisotopic (exact) mass is 316 g/mol. The molecule has 2 rings (SSSR count). The Balaban J connectivity index is 1.89. The van der Waals surface area contributed by atoms with Crippen LogP contribution >= 0.6 is 0 Å². The Hall–Kier alpha value is -1.45. The van der Waals surface area contributed by atoms with E-state index in [0.29, 0.717) is 37.8 Å². The van der Waals surface area contributed by atoms with E-state index in [2.05, 4.69) is 10.5 Å². The summed E-state index contributed by atoms with van der Waals surface area (Å²) in [6, 6.07) is 1.29. The van der Waals surface area contributed by atoms with Crippen molar-refractivity contribution in [3.63, 3.8) is 0 Å². The van der Waals surface area contributed by atoms with Gasteiger partial charge in [-0.1, -0.05) is 5.16 Å². The predicted molar refractivity (Wildman–Crippen MR) is 77.3 cm³/mol. The third-order valence-electron chi connectivity index (χ3n) is 3.55. The molecule has 1 aliphatic rings. The molecule has 8 nitrogen and oxygen atoms in total. The molecule has 1 aromatic heterocycles. The molecule has 21 heavy (non-hydrogen) atoms. The van der Waals surface area contributed by atoms with Gasteiger partial charge in [-0.3, -0.25) is 9.69 Å². The number of hydrogen-bond donors (Lipinski definition) is 1. The van der Waals surface area contributed by atoms with Gasteiger partial charge in [0.25, 0.3) is 0 Å². The van der Waals surface area contributed by atoms with Gasteiger partial charge in [0.15, 0.2) is 5.82 Å². The van der Waals surface area contributed by atoms with Crippen LogP contribution in [-0.2, 0) is 14.8 Å². The summed E-state index contributed by atoms with van der Waals surface area (Å²) in [6.45, 7) is 5.40. The fourth-order valence-electron chi connectivity index (χ4n) is 2.24. The van der Waals surface area contributed by atoms with Crippen molar-refractivity contribution < 1.29 is 17.7 Å². The van der Waals surface area contributed by atoms with E-state index in [1.54, 1.807) is 19.9 Å². The van der Waals surface area contributed by atoms with Crippen molar-refractivity contribution in [2.24, 2.45) is 0 Å². The summed E-state index contributed by atoms with van der Waals surface area (Å²) in [6.07, 6.45) is 1.20. The number of rotatable bonds is 4. The lowest BCUT2D eigenvalue weighted by Gasteiger charge is -2.36. The van der Waals surface area contributed by atoms with Gasteiger partial charge in [0, 0.05) is 32.2 Å². The number of amides is 1. The fourth-order valence-corrected chi connectivity index (χ4v) is 3.07. The average Bonchev–Trinajstić information content (AvgIpc) is 2.82. The minimum absolute atomic E-state index is 0.184. The van der Waals surface area contributed by atoms with Crippen LogP contribution in [0.1, 0.15) is 12.7 Å². The molecule has 0 radical (unpaired) electrons. The van der Waals surface area contributed by atoms with E-state index < -0.39 is 10.0 Å². The van der Waals surface area contributed by atoms with Crippen LogP contribution < -0.4 is 5.32 Å².